The minimum Gasteiger partial charge on any atom is -0.370 e. The summed E-state index contributed by atoms with van der Waals surface area (Å²) in [6.07, 6.45) is 6.78. The number of hydrogen-bond acceptors (Lipinski definition) is 1. The van der Waals surface area contributed by atoms with E-state index in [4.69, 9.17) is 5.73 Å². The second-order valence-electron chi connectivity index (χ2n) is 5.18. The van der Waals surface area contributed by atoms with Gasteiger partial charge in [-0.25, -0.2) is 0 Å². The summed E-state index contributed by atoms with van der Waals surface area (Å²) in [6, 6.07) is 1.01. The largest absolute Gasteiger partial charge is 0.370 e. The smallest absolute Gasteiger partial charge is 0.191 e. The average molecular weight is 209 g/mol. The zero-order chi connectivity index (χ0) is 10.8. The number of nitrogens with zero attached hydrogens (tertiary/aromatic N) is 2. The summed E-state index contributed by atoms with van der Waals surface area (Å²) in [4.78, 5) is 6.84. The van der Waals surface area contributed by atoms with Crippen molar-refractivity contribution in [3.63, 3.8) is 0 Å². The second kappa shape index (κ2) is 4.42. The summed E-state index contributed by atoms with van der Waals surface area (Å²) in [6.45, 7) is 5.29. The Labute approximate surface area is 92.7 Å². The van der Waals surface area contributed by atoms with Gasteiger partial charge < -0.3 is 10.6 Å². The van der Waals surface area contributed by atoms with Crippen molar-refractivity contribution in [2.45, 2.75) is 58.0 Å². The van der Waals surface area contributed by atoms with E-state index in [1.165, 1.54) is 32.1 Å². The van der Waals surface area contributed by atoms with Crippen LogP contribution in [0.5, 0.6) is 0 Å². The van der Waals surface area contributed by atoms with Crippen molar-refractivity contribution in [3.05, 3.63) is 0 Å². The van der Waals surface area contributed by atoms with E-state index in [0.717, 1.165) is 18.4 Å². The minimum absolute atomic E-state index is 0.312. The topological polar surface area (TPSA) is 41.6 Å². The van der Waals surface area contributed by atoms with Gasteiger partial charge in [0, 0.05) is 18.6 Å². The van der Waals surface area contributed by atoms with Crippen LogP contribution in [0, 0.1) is 5.92 Å². The number of hydrogen-bond donors (Lipinski definition) is 1. The predicted octanol–water partition coefficient (Wildman–Crippen LogP) is 1.97. The van der Waals surface area contributed by atoms with Crippen LogP contribution < -0.4 is 5.73 Å². The van der Waals surface area contributed by atoms with Gasteiger partial charge in [-0.2, -0.15) is 0 Å². The Kier molecular flexibility index (Phi) is 3.17. The maximum Gasteiger partial charge on any atom is 0.191 e. The molecule has 86 valence electrons. The van der Waals surface area contributed by atoms with Crippen molar-refractivity contribution in [3.8, 4) is 0 Å². The van der Waals surface area contributed by atoms with Crippen LogP contribution in [0.3, 0.4) is 0 Å². The highest BCUT2D eigenvalue weighted by Crippen LogP contribution is 2.36. The fourth-order valence-corrected chi connectivity index (χ4v) is 3.08. The number of nitrogens with two attached hydrogens (primary N) is 1. The molecule has 0 bridgehead atoms. The monoisotopic (exact) mass is 209 g/mol. The highest BCUT2D eigenvalue weighted by Gasteiger charge is 2.35. The maximum absolute atomic E-state index is 6.08. The van der Waals surface area contributed by atoms with E-state index in [9.17, 15) is 0 Å². The van der Waals surface area contributed by atoms with Crippen molar-refractivity contribution in [2.75, 3.05) is 6.54 Å². The van der Waals surface area contributed by atoms with Gasteiger partial charge in [-0.3, -0.25) is 4.99 Å². The molecule has 1 aliphatic carbocycles. The third kappa shape index (κ3) is 2.27. The van der Waals surface area contributed by atoms with E-state index < -0.39 is 0 Å². The average Bonchev–Trinajstić information content (AvgIpc) is 2.63. The predicted molar refractivity (Wildman–Crippen MR) is 63.8 cm³/mol. The summed E-state index contributed by atoms with van der Waals surface area (Å²) in [7, 11) is 0. The first-order chi connectivity index (χ1) is 7.18. The van der Waals surface area contributed by atoms with E-state index in [0.29, 0.717) is 12.1 Å². The lowest BCUT2D eigenvalue weighted by Gasteiger charge is -2.38. The number of rotatable bonds is 1. The van der Waals surface area contributed by atoms with Crippen LogP contribution in [0.2, 0.25) is 0 Å². The summed E-state index contributed by atoms with van der Waals surface area (Å²) in [5, 5.41) is 0. The Morgan fingerprint density at radius 3 is 2.73 bits per heavy atom. The fourth-order valence-electron chi connectivity index (χ4n) is 3.08. The molecule has 1 aliphatic heterocycles. The van der Waals surface area contributed by atoms with Crippen LogP contribution >= 0.6 is 0 Å². The summed E-state index contributed by atoms with van der Waals surface area (Å²) < 4.78 is 0. The van der Waals surface area contributed by atoms with Crippen LogP contribution in [-0.2, 0) is 0 Å². The molecular formula is C12H23N3. The number of likely N-dealkylation sites (tertiary alicyclic amines) is 1. The van der Waals surface area contributed by atoms with Crippen molar-refractivity contribution in [1.82, 2.24) is 4.90 Å². The number of guanidine groups is 1. The second-order valence-corrected chi connectivity index (χ2v) is 5.18. The van der Waals surface area contributed by atoms with Crippen molar-refractivity contribution in [2.24, 2.45) is 16.6 Å². The van der Waals surface area contributed by atoms with Crippen LogP contribution in [0.4, 0.5) is 0 Å². The highest BCUT2D eigenvalue weighted by atomic mass is 15.3. The molecule has 2 unspecified atom stereocenters. The third-order valence-electron chi connectivity index (χ3n) is 3.68. The third-order valence-corrected chi connectivity index (χ3v) is 3.68. The van der Waals surface area contributed by atoms with Gasteiger partial charge in [0.15, 0.2) is 5.96 Å². The zero-order valence-corrected chi connectivity index (χ0v) is 9.95. The van der Waals surface area contributed by atoms with E-state index in [1.54, 1.807) is 0 Å². The first-order valence-electron chi connectivity index (χ1n) is 6.28. The molecule has 0 amide bonds. The van der Waals surface area contributed by atoms with E-state index >= 15 is 0 Å². The normalized spacial score (nSPS) is 32.2. The molecule has 2 N–H and O–H groups in total. The molecule has 0 radical (unpaired) electrons. The number of piperidine rings is 1. The fraction of sp³-hybridized carbons (Fsp3) is 0.917. The number of aliphatic imine (C=N–C) groups is 1. The van der Waals surface area contributed by atoms with Gasteiger partial charge in [0.05, 0.1) is 0 Å². The van der Waals surface area contributed by atoms with E-state index in [-0.39, 0.29) is 0 Å². The molecule has 0 spiro atoms. The van der Waals surface area contributed by atoms with Gasteiger partial charge in [-0.15, -0.1) is 0 Å². The van der Waals surface area contributed by atoms with E-state index in [2.05, 4.69) is 23.7 Å². The van der Waals surface area contributed by atoms with Crippen LogP contribution in [0.15, 0.2) is 4.99 Å². The molecular weight excluding hydrogens is 186 g/mol. The van der Waals surface area contributed by atoms with Crippen molar-refractivity contribution in [1.29, 1.82) is 0 Å². The minimum atomic E-state index is 0.312. The van der Waals surface area contributed by atoms with E-state index in [1.807, 2.05) is 0 Å². The van der Waals surface area contributed by atoms with Gasteiger partial charge in [0.2, 0.25) is 0 Å². The van der Waals surface area contributed by atoms with Crippen molar-refractivity contribution >= 4 is 5.96 Å². The van der Waals surface area contributed by atoms with Crippen LogP contribution in [0.1, 0.15) is 46.0 Å². The van der Waals surface area contributed by atoms with Gasteiger partial charge in [-0.05, 0) is 45.4 Å². The summed E-state index contributed by atoms with van der Waals surface area (Å²) in [5.41, 5.74) is 6.08. The first-order valence-corrected chi connectivity index (χ1v) is 6.28. The Morgan fingerprint density at radius 2 is 2.00 bits per heavy atom. The molecule has 2 aliphatic rings. The number of fused-ring (bicyclic) bond motifs is 1. The highest BCUT2D eigenvalue weighted by molar-refractivity contribution is 5.78. The Hall–Kier alpha value is -0.730. The maximum atomic E-state index is 6.08. The van der Waals surface area contributed by atoms with Gasteiger partial charge in [-0.1, -0.05) is 6.42 Å². The van der Waals surface area contributed by atoms with Gasteiger partial charge in [0.1, 0.15) is 0 Å². The lowest BCUT2D eigenvalue weighted by Crippen LogP contribution is -2.49. The standard InChI is InChI=1S/C12H23N3/c1-9(2)14-12(13)15-8-4-6-10-5-3-7-11(10)15/h9-11H,3-8H2,1-2H3,(H2,13,14). The van der Waals surface area contributed by atoms with Gasteiger partial charge >= 0.3 is 0 Å². The molecule has 0 aromatic heterocycles. The SMILES string of the molecule is CC(C)N=C(N)N1CCCC2CCCC21. The summed E-state index contributed by atoms with van der Waals surface area (Å²) in [5.74, 6) is 1.67. The lowest BCUT2D eigenvalue weighted by atomic mass is 9.92. The molecule has 2 rings (SSSR count). The van der Waals surface area contributed by atoms with Crippen molar-refractivity contribution < 1.29 is 0 Å². The molecule has 15 heavy (non-hydrogen) atoms. The molecule has 0 aromatic carbocycles. The molecule has 2 atom stereocenters. The molecule has 2 fully saturated rings. The van der Waals surface area contributed by atoms with Crippen LogP contribution in [-0.4, -0.2) is 29.5 Å². The first kappa shape index (κ1) is 10.8. The molecule has 1 saturated carbocycles. The molecule has 3 nitrogen and oxygen atoms in total. The Bertz CT molecular complexity index is 247. The molecule has 1 heterocycles. The van der Waals surface area contributed by atoms with Gasteiger partial charge in [0.25, 0.3) is 0 Å². The Balaban J connectivity index is 2.07. The molecule has 3 heteroatoms. The van der Waals surface area contributed by atoms with Crippen LogP contribution in [0.25, 0.3) is 0 Å². The molecule has 1 saturated heterocycles. The quantitative estimate of drug-likeness (QED) is 0.530. The Morgan fingerprint density at radius 1 is 1.27 bits per heavy atom. The molecule has 0 aromatic rings. The summed E-state index contributed by atoms with van der Waals surface area (Å²) >= 11 is 0. The lowest BCUT2D eigenvalue weighted by molar-refractivity contribution is 0.188. The zero-order valence-electron chi connectivity index (χ0n) is 9.95.